The van der Waals surface area contributed by atoms with Crippen LogP contribution >= 0.6 is 0 Å². The number of phenols is 1. The smallest absolute Gasteiger partial charge is 0.119 e. The number of hydrogen-bond acceptors (Lipinski definition) is 1. The molecule has 1 saturated carbocycles. The van der Waals surface area contributed by atoms with Gasteiger partial charge in [0.05, 0.1) is 0 Å². The van der Waals surface area contributed by atoms with E-state index in [0.717, 1.165) is 18.4 Å². The molecule has 17 heavy (non-hydrogen) atoms. The lowest BCUT2D eigenvalue weighted by atomic mass is 10.1. The van der Waals surface area contributed by atoms with Gasteiger partial charge in [0.15, 0.2) is 0 Å². The van der Waals surface area contributed by atoms with Crippen LogP contribution in [0.1, 0.15) is 38.2 Å². The van der Waals surface area contributed by atoms with E-state index in [0.29, 0.717) is 5.75 Å². The fourth-order valence-electron chi connectivity index (χ4n) is 1.85. The molecule has 2 rings (SSSR count). The monoisotopic (exact) mass is 228 g/mol. The molecule has 1 nitrogen and oxygen atoms in total. The fraction of sp³-hybridized carbons (Fsp3) is 0.375. The van der Waals surface area contributed by atoms with Crippen LogP contribution in [-0.4, -0.2) is 5.11 Å². The van der Waals surface area contributed by atoms with Crippen LogP contribution in [0, 0.1) is 0 Å². The summed E-state index contributed by atoms with van der Waals surface area (Å²) in [7, 11) is 0. The summed E-state index contributed by atoms with van der Waals surface area (Å²) in [6.45, 7) is 2.17. The molecule has 0 heterocycles. The highest BCUT2D eigenvalue weighted by atomic mass is 16.3. The Hall–Kier alpha value is -1.50. The maximum atomic E-state index is 9.64. The molecule has 1 aromatic carbocycles. The zero-order valence-corrected chi connectivity index (χ0v) is 10.4. The normalized spacial score (nSPS) is 14.9. The van der Waals surface area contributed by atoms with Crippen molar-refractivity contribution >= 4 is 0 Å². The second kappa shape index (κ2) is 5.72. The highest BCUT2D eigenvalue weighted by Crippen LogP contribution is 2.28. The average molecular weight is 228 g/mol. The van der Waals surface area contributed by atoms with Crippen LogP contribution in [0.25, 0.3) is 0 Å². The van der Waals surface area contributed by atoms with E-state index >= 15 is 0 Å². The van der Waals surface area contributed by atoms with E-state index in [-0.39, 0.29) is 0 Å². The molecule has 0 aliphatic heterocycles. The van der Waals surface area contributed by atoms with Crippen molar-refractivity contribution in [1.29, 1.82) is 0 Å². The molecular formula is C16H20O. The third-order valence-corrected chi connectivity index (χ3v) is 3.17. The van der Waals surface area contributed by atoms with Crippen molar-refractivity contribution in [3.8, 4) is 5.75 Å². The number of para-hydroxylation sites is 1. The fourth-order valence-corrected chi connectivity index (χ4v) is 1.85. The minimum Gasteiger partial charge on any atom is -0.508 e. The highest BCUT2D eigenvalue weighted by Gasteiger charge is 2.08. The Morgan fingerprint density at radius 2 is 2.06 bits per heavy atom. The topological polar surface area (TPSA) is 20.2 Å². The molecule has 1 N–H and O–H groups in total. The van der Waals surface area contributed by atoms with Crippen LogP contribution in [0.3, 0.4) is 0 Å². The number of benzene rings is 1. The summed E-state index contributed by atoms with van der Waals surface area (Å²) in [5.74, 6) is 0.400. The van der Waals surface area contributed by atoms with Crippen molar-refractivity contribution in [2.24, 2.45) is 0 Å². The van der Waals surface area contributed by atoms with Crippen LogP contribution in [0.15, 0.2) is 47.6 Å². The Balaban J connectivity index is 1.82. The third-order valence-electron chi connectivity index (χ3n) is 3.17. The summed E-state index contributed by atoms with van der Waals surface area (Å²) in [5, 5.41) is 9.64. The van der Waals surface area contributed by atoms with Crippen molar-refractivity contribution in [2.45, 2.75) is 39.0 Å². The molecule has 0 unspecified atom stereocenters. The van der Waals surface area contributed by atoms with Gasteiger partial charge in [-0.25, -0.2) is 0 Å². The Morgan fingerprint density at radius 3 is 2.76 bits per heavy atom. The van der Waals surface area contributed by atoms with Crippen LogP contribution in [0.2, 0.25) is 0 Å². The second-order valence-electron chi connectivity index (χ2n) is 4.78. The molecule has 1 aliphatic rings. The largest absolute Gasteiger partial charge is 0.508 e. The van der Waals surface area contributed by atoms with E-state index in [4.69, 9.17) is 0 Å². The summed E-state index contributed by atoms with van der Waals surface area (Å²) in [5.41, 5.74) is 4.04. The van der Waals surface area contributed by atoms with E-state index in [1.165, 1.54) is 24.8 Å². The van der Waals surface area contributed by atoms with E-state index < -0.39 is 0 Å². The number of hydrogen-bond donors (Lipinski definition) is 1. The molecule has 90 valence electrons. The maximum absolute atomic E-state index is 9.64. The summed E-state index contributed by atoms with van der Waals surface area (Å²) in [6.07, 6.45) is 10.4. The van der Waals surface area contributed by atoms with Gasteiger partial charge in [-0.2, -0.15) is 0 Å². The molecule has 1 fully saturated rings. The van der Waals surface area contributed by atoms with Crippen LogP contribution in [-0.2, 0) is 6.42 Å². The SMILES string of the molecule is C/C(=C\Cc1ccccc1O)CCC=C1CC1. The predicted octanol–water partition coefficient (Wildman–Crippen LogP) is 4.38. The van der Waals surface area contributed by atoms with Gasteiger partial charge in [-0.1, -0.05) is 41.5 Å². The molecule has 0 amide bonds. The van der Waals surface area contributed by atoms with Crippen molar-refractivity contribution in [3.63, 3.8) is 0 Å². The Bertz CT molecular complexity index is 435. The quantitative estimate of drug-likeness (QED) is 0.741. The lowest BCUT2D eigenvalue weighted by Crippen LogP contribution is -1.84. The molecule has 0 radical (unpaired) electrons. The molecule has 0 saturated heterocycles. The van der Waals surface area contributed by atoms with Crippen LogP contribution in [0.4, 0.5) is 0 Å². The predicted molar refractivity (Wildman–Crippen MR) is 72.1 cm³/mol. The Labute approximate surface area is 103 Å². The van der Waals surface area contributed by atoms with Gasteiger partial charge in [-0.05, 0) is 50.7 Å². The summed E-state index contributed by atoms with van der Waals surface area (Å²) in [4.78, 5) is 0. The van der Waals surface area contributed by atoms with E-state index in [2.05, 4.69) is 19.1 Å². The zero-order valence-electron chi connectivity index (χ0n) is 10.4. The van der Waals surface area contributed by atoms with E-state index in [1.54, 1.807) is 11.6 Å². The molecule has 0 spiro atoms. The van der Waals surface area contributed by atoms with E-state index in [1.807, 2.05) is 18.2 Å². The molecule has 0 bridgehead atoms. The first kappa shape index (κ1) is 12.0. The second-order valence-corrected chi connectivity index (χ2v) is 4.78. The molecule has 1 aliphatic carbocycles. The van der Waals surface area contributed by atoms with Gasteiger partial charge in [0, 0.05) is 0 Å². The molecule has 1 aromatic rings. The van der Waals surface area contributed by atoms with Crippen LogP contribution in [0.5, 0.6) is 5.75 Å². The Morgan fingerprint density at radius 1 is 1.29 bits per heavy atom. The number of rotatable bonds is 5. The van der Waals surface area contributed by atoms with Crippen molar-refractivity contribution in [2.75, 3.05) is 0 Å². The van der Waals surface area contributed by atoms with Crippen molar-refractivity contribution < 1.29 is 5.11 Å². The molecule has 0 aromatic heterocycles. The summed E-state index contributed by atoms with van der Waals surface area (Å²) < 4.78 is 0. The highest BCUT2D eigenvalue weighted by molar-refractivity contribution is 5.33. The van der Waals surface area contributed by atoms with Gasteiger partial charge < -0.3 is 5.11 Å². The maximum Gasteiger partial charge on any atom is 0.119 e. The Kier molecular flexibility index (Phi) is 4.03. The first-order valence-corrected chi connectivity index (χ1v) is 6.36. The third kappa shape index (κ3) is 4.10. The van der Waals surface area contributed by atoms with Gasteiger partial charge in [-0.15, -0.1) is 0 Å². The van der Waals surface area contributed by atoms with E-state index in [9.17, 15) is 5.11 Å². The average Bonchev–Trinajstić information content (AvgIpc) is 3.12. The number of phenolic OH excluding ortho intramolecular Hbond substituents is 1. The molecule has 1 heteroatoms. The lowest BCUT2D eigenvalue weighted by Gasteiger charge is -2.02. The molecule has 0 atom stereocenters. The minimum absolute atomic E-state index is 0.400. The van der Waals surface area contributed by atoms with Crippen LogP contribution < -0.4 is 0 Å². The number of allylic oxidation sites excluding steroid dienone is 4. The van der Waals surface area contributed by atoms with Gasteiger partial charge in [-0.3, -0.25) is 0 Å². The summed E-state index contributed by atoms with van der Waals surface area (Å²) >= 11 is 0. The zero-order chi connectivity index (χ0) is 12.1. The van der Waals surface area contributed by atoms with Gasteiger partial charge in [0.2, 0.25) is 0 Å². The standard InChI is InChI=1S/C16H20O/c1-13(5-4-6-14-10-11-14)9-12-15-7-2-3-8-16(15)17/h2-3,6-9,17H,4-5,10-12H2,1H3/b13-9+. The number of aromatic hydroxyl groups is 1. The minimum atomic E-state index is 0.400. The van der Waals surface area contributed by atoms with Crippen molar-refractivity contribution in [3.05, 3.63) is 53.1 Å². The van der Waals surface area contributed by atoms with Crippen molar-refractivity contribution in [1.82, 2.24) is 0 Å². The molecular weight excluding hydrogens is 208 g/mol. The first-order valence-electron chi connectivity index (χ1n) is 6.36. The summed E-state index contributed by atoms with van der Waals surface area (Å²) in [6, 6.07) is 7.55. The van der Waals surface area contributed by atoms with Gasteiger partial charge >= 0.3 is 0 Å². The van der Waals surface area contributed by atoms with Gasteiger partial charge in [0.1, 0.15) is 5.75 Å². The lowest BCUT2D eigenvalue weighted by molar-refractivity contribution is 0.469. The first-order chi connectivity index (χ1) is 8.25. The van der Waals surface area contributed by atoms with Gasteiger partial charge in [0.25, 0.3) is 0 Å².